The maximum atomic E-state index is 12.9. The normalized spacial score (nSPS) is 17.2. The van der Waals surface area contributed by atoms with Gasteiger partial charge < -0.3 is 10.1 Å². The Morgan fingerprint density at radius 1 is 1.04 bits per heavy atom. The number of ether oxygens (including phenoxy) is 1. The molecular formula is C17H17FN2O4S. The highest BCUT2D eigenvalue weighted by Gasteiger charge is 2.23. The van der Waals surface area contributed by atoms with E-state index in [4.69, 9.17) is 4.74 Å². The van der Waals surface area contributed by atoms with Gasteiger partial charge in [-0.2, -0.15) is 0 Å². The van der Waals surface area contributed by atoms with Crippen LogP contribution in [0.2, 0.25) is 0 Å². The Hall–Kier alpha value is -2.45. The predicted molar refractivity (Wildman–Crippen MR) is 91.3 cm³/mol. The largest absolute Gasteiger partial charge is 0.368 e. The number of benzene rings is 2. The maximum Gasteiger partial charge on any atom is 0.261 e. The first-order valence-corrected chi connectivity index (χ1v) is 9.23. The van der Waals surface area contributed by atoms with E-state index in [1.54, 1.807) is 12.1 Å². The molecule has 0 saturated carbocycles. The number of hydrogen-bond acceptors (Lipinski definition) is 4. The Labute approximate surface area is 145 Å². The fourth-order valence-corrected chi connectivity index (χ4v) is 3.52. The van der Waals surface area contributed by atoms with Gasteiger partial charge in [0.1, 0.15) is 11.9 Å². The second-order valence-corrected chi connectivity index (χ2v) is 7.31. The molecule has 1 saturated heterocycles. The fraction of sp³-hybridized carbons (Fsp3) is 0.235. The lowest BCUT2D eigenvalue weighted by atomic mass is 10.2. The average Bonchev–Trinajstić information content (AvgIpc) is 3.11. The summed E-state index contributed by atoms with van der Waals surface area (Å²) < 4.78 is 45.1. The third kappa shape index (κ3) is 4.34. The molecule has 0 radical (unpaired) electrons. The van der Waals surface area contributed by atoms with Gasteiger partial charge in [0.05, 0.1) is 4.90 Å². The molecule has 2 aromatic rings. The zero-order valence-corrected chi connectivity index (χ0v) is 14.1. The summed E-state index contributed by atoms with van der Waals surface area (Å²) in [6.45, 7) is 0.586. The Bertz CT molecular complexity index is 845. The van der Waals surface area contributed by atoms with E-state index < -0.39 is 21.9 Å². The van der Waals surface area contributed by atoms with Crippen LogP contribution in [-0.4, -0.2) is 27.0 Å². The van der Waals surface area contributed by atoms with Crippen molar-refractivity contribution in [3.8, 4) is 0 Å². The van der Waals surface area contributed by atoms with Gasteiger partial charge >= 0.3 is 0 Å². The van der Waals surface area contributed by atoms with Crippen molar-refractivity contribution in [3.05, 3.63) is 54.3 Å². The molecule has 1 fully saturated rings. The first kappa shape index (κ1) is 17.4. The Balaban J connectivity index is 1.65. The summed E-state index contributed by atoms with van der Waals surface area (Å²) in [7, 11) is -3.80. The maximum absolute atomic E-state index is 12.9. The number of sulfonamides is 1. The van der Waals surface area contributed by atoms with Crippen molar-refractivity contribution in [2.24, 2.45) is 0 Å². The molecule has 1 atom stereocenters. The summed E-state index contributed by atoms with van der Waals surface area (Å²) in [4.78, 5) is 11.9. The summed E-state index contributed by atoms with van der Waals surface area (Å²) in [6.07, 6.45) is 1.13. The summed E-state index contributed by atoms with van der Waals surface area (Å²) in [5.74, 6) is -0.720. The molecule has 1 unspecified atom stereocenters. The lowest BCUT2D eigenvalue weighted by Crippen LogP contribution is -2.26. The van der Waals surface area contributed by atoms with E-state index in [0.717, 1.165) is 18.6 Å². The zero-order chi connectivity index (χ0) is 17.9. The fourth-order valence-electron chi connectivity index (χ4n) is 2.46. The molecule has 6 nitrogen and oxygen atoms in total. The molecule has 3 rings (SSSR count). The smallest absolute Gasteiger partial charge is 0.261 e. The third-order valence-corrected chi connectivity index (χ3v) is 5.15. The first-order chi connectivity index (χ1) is 11.9. The summed E-state index contributed by atoms with van der Waals surface area (Å²) in [5, 5.41) is 2.73. The highest BCUT2D eigenvalue weighted by atomic mass is 32.2. The Morgan fingerprint density at radius 3 is 2.28 bits per heavy atom. The van der Waals surface area contributed by atoms with Crippen molar-refractivity contribution in [2.45, 2.75) is 23.8 Å². The highest BCUT2D eigenvalue weighted by molar-refractivity contribution is 7.92. The van der Waals surface area contributed by atoms with Gasteiger partial charge in [-0.1, -0.05) is 0 Å². The molecular weight excluding hydrogens is 347 g/mol. The molecule has 1 heterocycles. The van der Waals surface area contributed by atoms with E-state index in [0.29, 0.717) is 24.4 Å². The van der Waals surface area contributed by atoms with Gasteiger partial charge in [0, 0.05) is 18.0 Å². The minimum atomic E-state index is -3.80. The quantitative estimate of drug-likeness (QED) is 0.854. The van der Waals surface area contributed by atoms with Gasteiger partial charge in [-0.3, -0.25) is 9.52 Å². The topological polar surface area (TPSA) is 84.5 Å². The molecule has 1 aliphatic heterocycles. The highest BCUT2D eigenvalue weighted by Crippen LogP contribution is 2.20. The number of hydrogen-bond donors (Lipinski definition) is 2. The second kappa shape index (κ2) is 7.20. The van der Waals surface area contributed by atoms with Crippen LogP contribution in [0.15, 0.2) is 53.4 Å². The number of amides is 1. The Morgan fingerprint density at radius 2 is 1.68 bits per heavy atom. The van der Waals surface area contributed by atoms with Crippen LogP contribution in [0, 0.1) is 5.82 Å². The zero-order valence-electron chi connectivity index (χ0n) is 13.2. The van der Waals surface area contributed by atoms with Crippen molar-refractivity contribution in [1.82, 2.24) is 0 Å². The van der Waals surface area contributed by atoms with Crippen molar-refractivity contribution < 1.29 is 22.3 Å². The van der Waals surface area contributed by atoms with Crippen LogP contribution in [0.5, 0.6) is 0 Å². The summed E-state index contributed by atoms with van der Waals surface area (Å²) in [6, 6.07) is 10.8. The molecule has 0 aliphatic carbocycles. The van der Waals surface area contributed by atoms with Crippen molar-refractivity contribution in [2.75, 3.05) is 16.6 Å². The lowest BCUT2D eigenvalue weighted by molar-refractivity contribution is -0.124. The van der Waals surface area contributed by atoms with Crippen LogP contribution < -0.4 is 10.0 Å². The average molecular weight is 364 g/mol. The van der Waals surface area contributed by atoms with Crippen LogP contribution >= 0.6 is 0 Å². The van der Waals surface area contributed by atoms with E-state index in [1.807, 2.05) is 0 Å². The standard InChI is InChI=1S/C17H17FN2O4S/c18-12-3-9-15(10-4-12)25(22,23)20-14-7-5-13(6-8-14)19-17(21)16-2-1-11-24-16/h3-10,16,20H,1-2,11H2,(H,19,21). The molecule has 25 heavy (non-hydrogen) atoms. The third-order valence-electron chi connectivity index (χ3n) is 3.75. The van der Waals surface area contributed by atoms with Crippen LogP contribution in [0.25, 0.3) is 0 Å². The SMILES string of the molecule is O=C(Nc1ccc(NS(=O)(=O)c2ccc(F)cc2)cc1)C1CCCO1. The molecule has 132 valence electrons. The van der Waals surface area contributed by atoms with E-state index in [9.17, 15) is 17.6 Å². The minimum Gasteiger partial charge on any atom is -0.368 e. The molecule has 2 N–H and O–H groups in total. The van der Waals surface area contributed by atoms with Crippen LogP contribution in [-0.2, 0) is 19.6 Å². The van der Waals surface area contributed by atoms with Crippen molar-refractivity contribution in [1.29, 1.82) is 0 Å². The number of nitrogens with one attached hydrogen (secondary N) is 2. The van der Waals surface area contributed by atoms with Gasteiger partial charge in [0.15, 0.2) is 0 Å². The number of carbonyl (C=O) groups excluding carboxylic acids is 1. The number of carbonyl (C=O) groups is 1. The van der Waals surface area contributed by atoms with E-state index in [1.165, 1.54) is 24.3 Å². The summed E-state index contributed by atoms with van der Waals surface area (Å²) >= 11 is 0. The van der Waals surface area contributed by atoms with Gasteiger partial charge in [0.25, 0.3) is 15.9 Å². The lowest BCUT2D eigenvalue weighted by Gasteiger charge is -2.12. The van der Waals surface area contributed by atoms with Gasteiger partial charge in [-0.05, 0) is 61.4 Å². The minimum absolute atomic E-state index is 0.0374. The van der Waals surface area contributed by atoms with Crippen LogP contribution in [0.1, 0.15) is 12.8 Å². The van der Waals surface area contributed by atoms with Crippen molar-refractivity contribution in [3.63, 3.8) is 0 Å². The van der Waals surface area contributed by atoms with E-state index in [2.05, 4.69) is 10.0 Å². The molecule has 1 amide bonds. The van der Waals surface area contributed by atoms with Gasteiger partial charge in [-0.15, -0.1) is 0 Å². The number of anilines is 2. The first-order valence-electron chi connectivity index (χ1n) is 7.75. The molecule has 1 aliphatic rings. The molecule has 8 heteroatoms. The Kier molecular flexibility index (Phi) is 5.00. The second-order valence-electron chi connectivity index (χ2n) is 5.63. The molecule has 2 aromatic carbocycles. The van der Waals surface area contributed by atoms with E-state index >= 15 is 0 Å². The van der Waals surface area contributed by atoms with Crippen LogP contribution in [0.3, 0.4) is 0 Å². The summed E-state index contributed by atoms with van der Waals surface area (Å²) in [5.41, 5.74) is 0.879. The predicted octanol–water partition coefficient (Wildman–Crippen LogP) is 2.74. The molecule has 0 spiro atoms. The van der Waals surface area contributed by atoms with E-state index in [-0.39, 0.29) is 10.8 Å². The van der Waals surface area contributed by atoms with Gasteiger partial charge in [-0.25, -0.2) is 12.8 Å². The monoisotopic (exact) mass is 364 g/mol. The van der Waals surface area contributed by atoms with Crippen molar-refractivity contribution >= 4 is 27.3 Å². The molecule has 0 aromatic heterocycles. The van der Waals surface area contributed by atoms with Gasteiger partial charge in [0.2, 0.25) is 0 Å². The number of rotatable bonds is 5. The van der Waals surface area contributed by atoms with Crippen LogP contribution in [0.4, 0.5) is 15.8 Å². The molecule has 0 bridgehead atoms. The number of halogens is 1.